The molecule has 2 aromatic carbocycles. The number of para-hydroxylation sites is 1. The van der Waals surface area contributed by atoms with Crippen LogP contribution in [0.4, 0.5) is 0 Å². The van der Waals surface area contributed by atoms with Crippen LogP contribution in [0.5, 0.6) is 0 Å². The van der Waals surface area contributed by atoms with Gasteiger partial charge in [-0.25, -0.2) is 0 Å². The van der Waals surface area contributed by atoms with E-state index in [9.17, 15) is 19.2 Å². The Morgan fingerprint density at radius 3 is 2.27 bits per heavy atom. The summed E-state index contributed by atoms with van der Waals surface area (Å²) in [5, 5.41) is 17.5. The molecule has 0 aliphatic rings. The topological polar surface area (TPSA) is 231 Å². The van der Waals surface area contributed by atoms with Gasteiger partial charge in [0, 0.05) is 30.1 Å². The Kier molecular flexibility index (Phi) is 11.2. The Labute approximate surface area is 236 Å². The average Bonchev–Trinajstić information content (AvgIpc) is 3.35. The van der Waals surface area contributed by atoms with Gasteiger partial charge in [-0.2, -0.15) is 0 Å². The SMILES string of the molecule is NC(N)=NCCCC(NC(=O)C(Cc1c[nH]c2ccccc12)NC(=O)C(N)Cc1ccccc1)C(=O)NCC(=O)O. The number of aliphatic imine (C=N–C) groups is 1. The summed E-state index contributed by atoms with van der Waals surface area (Å²) in [5.41, 5.74) is 19.4. The number of aromatic amines is 1. The maximum absolute atomic E-state index is 13.6. The van der Waals surface area contributed by atoms with Crippen molar-refractivity contribution < 1.29 is 24.3 Å². The number of carbonyl (C=O) groups excluding carboxylic acids is 3. The van der Waals surface area contributed by atoms with E-state index >= 15 is 0 Å². The molecule has 0 fully saturated rings. The largest absolute Gasteiger partial charge is 0.480 e. The quantitative estimate of drug-likeness (QED) is 0.0680. The highest BCUT2D eigenvalue weighted by molar-refractivity contribution is 5.94. The molecule has 41 heavy (non-hydrogen) atoms. The summed E-state index contributed by atoms with van der Waals surface area (Å²) in [5.74, 6) is -3.21. The number of rotatable bonds is 15. The monoisotopic (exact) mass is 564 g/mol. The van der Waals surface area contributed by atoms with Crippen LogP contribution in [-0.2, 0) is 32.0 Å². The van der Waals surface area contributed by atoms with Crippen LogP contribution in [0.25, 0.3) is 10.9 Å². The molecular formula is C28H36N8O5. The molecule has 3 rings (SSSR count). The van der Waals surface area contributed by atoms with E-state index in [1.54, 1.807) is 6.20 Å². The van der Waals surface area contributed by atoms with Gasteiger partial charge in [-0.15, -0.1) is 0 Å². The minimum atomic E-state index is -1.24. The van der Waals surface area contributed by atoms with Crippen molar-refractivity contribution >= 4 is 40.6 Å². The standard InChI is InChI=1S/C28H36N8O5/c29-20(13-17-7-2-1-3-8-17)25(39)36-23(14-18-15-33-21-10-5-4-9-19(18)21)27(41)35-22(11-6-12-32-28(30)31)26(40)34-16-24(37)38/h1-5,7-10,15,20,22-23,33H,6,11-14,16,29H2,(H,34,40)(H,35,41)(H,36,39)(H,37,38)(H4,30,31,32). The molecule has 13 heteroatoms. The number of nitrogens with zero attached hydrogens (tertiary/aromatic N) is 1. The van der Waals surface area contributed by atoms with Gasteiger partial charge >= 0.3 is 5.97 Å². The number of carboxylic acid groups (broad SMARTS) is 1. The number of aliphatic carboxylic acids is 1. The van der Waals surface area contributed by atoms with Gasteiger partial charge in [0.2, 0.25) is 17.7 Å². The van der Waals surface area contributed by atoms with Crippen LogP contribution in [0.2, 0.25) is 0 Å². The number of amides is 3. The Balaban J connectivity index is 1.80. The number of nitrogens with two attached hydrogens (primary N) is 3. The van der Waals surface area contributed by atoms with Crippen molar-refractivity contribution in [2.75, 3.05) is 13.1 Å². The number of hydrogen-bond acceptors (Lipinski definition) is 6. The number of hydrogen-bond donors (Lipinski definition) is 8. The average molecular weight is 565 g/mol. The number of fused-ring (bicyclic) bond motifs is 1. The molecule has 3 aromatic rings. The van der Waals surface area contributed by atoms with Crippen LogP contribution >= 0.6 is 0 Å². The van der Waals surface area contributed by atoms with E-state index in [1.807, 2.05) is 54.6 Å². The molecule has 0 saturated heterocycles. The number of benzene rings is 2. The lowest BCUT2D eigenvalue weighted by molar-refractivity contribution is -0.138. The lowest BCUT2D eigenvalue weighted by Gasteiger charge is -2.24. The van der Waals surface area contributed by atoms with E-state index in [0.717, 1.165) is 22.0 Å². The molecule has 1 aromatic heterocycles. The normalized spacial score (nSPS) is 13.0. The molecule has 3 atom stereocenters. The van der Waals surface area contributed by atoms with Gasteiger partial charge < -0.3 is 43.2 Å². The number of carbonyl (C=O) groups is 4. The van der Waals surface area contributed by atoms with Crippen LogP contribution in [0, 0.1) is 0 Å². The van der Waals surface area contributed by atoms with Crippen molar-refractivity contribution in [3.8, 4) is 0 Å². The fourth-order valence-electron chi connectivity index (χ4n) is 4.30. The summed E-state index contributed by atoms with van der Waals surface area (Å²) >= 11 is 0. The van der Waals surface area contributed by atoms with Crippen molar-refractivity contribution in [1.29, 1.82) is 0 Å². The Morgan fingerprint density at radius 1 is 0.878 bits per heavy atom. The second-order valence-corrected chi connectivity index (χ2v) is 9.54. The minimum absolute atomic E-state index is 0.108. The highest BCUT2D eigenvalue weighted by atomic mass is 16.4. The molecule has 3 unspecified atom stereocenters. The highest BCUT2D eigenvalue weighted by Gasteiger charge is 2.29. The van der Waals surface area contributed by atoms with Crippen molar-refractivity contribution in [2.24, 2.45) is 22.2 Å². The minimum Gasteiger partial charge on any atom is -0.480 e. The van der Waals surface area contributed by atoms with Crippen molar-refractivity contribution in [3.63, 3.8) is 0 Å². The van der Waals surface area contributed by atoms with E-state index in [1.165, 1.54) is 0 Å². The van der Waals surface area contributed by atoms with E-state index in [0.29, 0.717) is 6.42 Å². The van der Waals surface area contributed by atoms with Crippen molar-refractivity contribution in [1.82, 2.24) is 20.9 Å². The molecule has 0 aliphatic carbocycles. The molecule has 0 aliphatic heterocycles. The molecule has 0 saturated carbocycles. The molecule has 1 heterocycles. The van der Waals surface area contributed by atoms with E-state index in [4.69, 9.17) is 22.3 Å². The zero-order chi connectivity index (χ0) is 29.8. The van der Waals surface area contributed by atoms with Crippen LogP contribution in [0.15, 0.2) is 65.8 Å². The number of nitrogens with one attached hydrogen (secondary N) is 4. The van der Waals surface area contributed by atoms with Gasteiger partial charge in [-0.3, -0.25) is 24.2 Å². The number of H-pyrrole nitrogens is 1. The van der Waals surface area contributed by atoms with Gasteiger partial charge in [-0.1, -0.05) is 48.5 Å². The van der Waals surface area contributed by atoms with Gasteiger partial charge in [0.15, 0.2) is 5.96 Å². The lowest BCUT2D eigenvalue weighted by Crippen LogP contribution is -2.57. The van der Waals surface area contributed by atoms with E-state index < -0.39 is 48.4 Å². The predicted octanol–water partition coefficient (Wildman–Crippen LogP) is -0.496. The Morgan fingerprint density at radius 2 is 1.56 bits per heavy atom. The van der Waals surface area contributed by atoms with E-state index in [-0.39, 0.29) is 31.8 Å². The number of carboxylic acids is 1. The maximum atomic E-state index is 13.6. The predicted molar refractivity (Wildman–Crippen MR) is 155 cm³/mol. The summed E-state index contributed by atoms with van der Waals surface area (Å²) in [4.78, 5) is 57.5. The molecule has 218 valence electrons. The zero-order valence-corrected chi connectivity index (χ0v) is 22.5. The smallest absolute Gasteiger partial charge is 0.322 e. The summed E-state index contributed by atoms with van der Waals surface area (Å²) in [7, 11) is 0. The number of aromatic nitrogens is 1. The van der Waals surface area contributed by atoms with E-state index in [2.05, 4.69) is 25.9 Å². The molecule has 0 bridgehead atoms. The van der Waals surface area contributed by atoms with Crippen LogP contribution in [-0.4, -0.2) is 71.0 Å². The van der Waals surface area contributed by atoms with Crippen molar-refractivity contribution in [3.05, 3.63) is 71.9 Å². The first-order valence-corrected chi connectivity index (χ1v) is 13.1. The zero-order valence-electron chi connectivity index (χ0n) is 22.5. The Hall–Kier alpha value is -4.91. The van der Waals surface area contributed by atoms with Crippen LogP contribution < -0.4 is 33.2 Å². The van der Waals surface area contributed by atoms with Crippen LogP contribution in [0.1, 0.15) is 24.0 Å². The van der Waals surface area contributed by atoms with Gasteiger partial charge in [0.25, 0.3) is 0 Å². The van der Waals surface area contributed by atoms with Gasteiger partial charge in [0.1, 0.15) is 18.6 Å². The maximum Gasteiger partial charge on any atom is 0.322 e. The second-order valence-electron chi connectivity index (χ2n) is 9.54. The van der Waals surface area contributed by atoms with Gasteiger partial charge in [-0.05, 0) is 36.5 Å². The Bertz CT molecular complexity index is 1370. The highest BCUT2D eigenvalue weighted by Crippen LogP contribution is 2.19. The first-order chi connectivity index (χ1) is 19.6. The molecular weight excluding hydrogens is 528 g/mol. The third-order valence-electron chi connectivity index (χ3n) is 6.36. The summed E-state index contributed by atoms with van der Waals surface area (Å²) in [6.45, 7) is -0.423. The van der Waals surface area contributed by atoms with Crippen molar-refractivity contribution in [2.45, 2.75) is 43.8 Å². The fourth-order valence-corrected chi connectivity index (χ4v) is 4.30. The first-order valence-electron chi connectivity index (χ1n) is 13.1. The third kappa shape index (κ3) is 9.65. The van der Waals surface area contributed by atoms with Gasteiger partial charge in [0.05, 0.1) is 6.04 Å². The summed E-state index contributed by atoms with van der Waals surface area (Å²) in [6.07, 6.45) is 2.57. The molecule has 3 amide bonds. The first kappa shape index (κ1) is 30.6. The lowest BCUT2D eigenvalue weighted by atomic mass is 10.0. The molecule has 0 spiro atoms. The molecule has 13 nitrogen and oxygen atoms in total. The van der Waals surface area contributed by atoms with Crippen LogP contribution in [0.3, 0.4) is 0 Å². The number of guanidine groups is 1. The third-order valence-corrected chi connectivity index (χ3v) is 6.36. The summed E-state index contributed by atoms with van der Waals surface area (Å²) in [6, 6.07) is 13.7. The molecule has 0 radical (unpaired) electrons. The molecule has 11 N–H and O–H groups in total. The second kappa shape index (κ2) is 15.0. The summed E-state index contributed by atoms with van der Waals surface area (Å²) < 4.78 is 0. The fraction of sp³-hybridized carbons (Fsp3) is 0.321.